The molecule has 0 aliphatic carbocycles. The fourth-order valence-electron chi connectivity index (χ4n) is 8.58. The third-order valence-corrected chi connectivity index (χ3v) is 12.1. The summed E-state index contributed by atoms with van der Waals surface area (Å²) in [5.74, 6) is -7.68. The molecule has 26 nitrogen and oxygen atoms in total. The van der Waals surface area contributed by atoms with E-state index in [1.165, 1.54) is 0 Å². The van der Waals surface area contributed by atoms with E-state index in [0.717, 1.165) is 48.5 Å². The molecule has 0 amide bonds. The van der Waals surface area contributed by atoms with E-state index < -0.39 is 151 Å². The van der Waals surface area contributed by atoms with Crippen molar-refractivity contribution in [3.63, 3.8) is 0 Å². The molecule has 0 fully saturated rings. The van der Waals surface area contributed by atoms with Crippen LogP contribution >= 0.6 is 0 Å². The first-order valence-electron chi connectivity index (χ1n) is 22.3. The van der Waals surface area contributed by atoms with Crippen molar-refractivity contribution in [2.45, 2.75) is 78.6 Å². The van der Waals surface area contributed by atoms with E-state index in [4.69, 9.17) is 6.57 Å². The lowest BCUT2D eigenvalue weighted by Crippen LogP contribution is -2.32. The Morgan fingerprint density at radius 3 is 1.21 bits per heavy atom. The molecule has 76 heavy (non-hydrogen) atoms. The van der Waals surface area contributed by atoms with E-state index in [9.17, 15) is 83.8 Å². The number of carbonyl (C=O) groups is 4. The van der Waals surface area contributed by atoms with E-state index in [1.54, 1.807) is 47.6 Å². The van der Waals surface area contributed by atoms with Gasteiger partial charge >= 0.3 is 23.9 Å². The number of hydrogen-bond donors (Lipinski definition) is 6. The maximum atomic E-state index is 14.2. The molecule has 0 bridgehead atoms. The SMILES string of the molecule is [C-]#[N+]c1c(C(C)(C)C)c(N=Nc2cc(C(=O)O)ccc2C(=O)O)c(=O)n(CCn2c(=O)c3cc4c(=O)n(CCn5c(O)c(C#N)c(C(C)(C)C)c(N=Nc6cc(C(=O)O)ccc6C(=O)O)c5=O)c(=O)c4cc3c2=O)c1O. The van der Waals surface area contributed by atoms with Crippen LogP contribution in [0.1, 0.15) is 99.7 Å². The fraction of sp³-hybridized carbons (Fsp3) is 0.240. The molecule has 4 heterocycles. The number of rotatable bonds is 14. The average molecular weight is 1040 g/mol. The molecular weight excluding hydrogens is 997 g/mol. The van der Waals surface area contributed by atoms with Gasteiger partial charge in [0, 0.05) is 37.3 Å². The Hall–Kier alpha value is -10.5. The number of aromatic nitrogens is 4. The summed E-state index contributed by atoms with van der Waals surface area (Å²) in [6, 6.07) is 9.53. The van der Waals surface area contributed by atoms with Crippen LogP contribution < -0.4 is 33.4 Å². The Labute approximate surface area is 424 Å². The maximum Gasteiger partial charge on any atom is 0.337 e. The van der Waals surface area contributed by atoms with Crippen molar-refractivity contribution in [2.75, 3.05) is 0 Å². The van der Waals surface area contributed by atoms with Crippen molar-refractivity contribution in [3.8, 4) is 17.8 Å². The van der Waals surface area contributed by atoms with Crippen LogP contribution in [-0.4, -0.2) is 72.8 Å². The molecule has 0 radical (unpaired) electrons. The zero-order valence-corrected chi connectivity index (χ0v) is 40.7. The minimum Gasteiger partial charge on any atom is -0.503 e. The fourth-order valence-corrected chi connectivity index (χ4v) is 8.58. The third kappa shape index (κ3) is 9.28. The number of pyridine rings is 2. The van der Waals surface area contributed by atoms with E-state index in [1.807, 2.05) is 0 Å². The summed E-state index contributed by atoms with van der Waals surface area (Å²) in [6.07, 6.45) is 0. The number of nitrogens with zero attached hydrogens (tertiary/aromatic N) is 10. The number of aromatic hydroxyl groups is 2. The summed E-state index contributed by atoms with van der Waals surface area (Å²) in [5.41, 5.74) is -13.5. The Morgan fingerprint density at radius 2 is 0.882 bits per heavy atom. The predicted octanol–water partition coefficient (Wildman–Crippen LogP) is 5.69. The van der Waals surface area contributed by atoms with Crippen LogP contribution in [0.25, 0.3) is 26.4 Å². The van der Waals surface area contributed by atoms with Crippen LogP contribution in [0.2, 0.25) is 0 Å². The van der Waals surface area contributed by atoms with Gasteiger partial charge in [-0.1, -0.05) is 41.5 Å². The minimum absolute atomic E-state index is 0.129. The van der Waals surface area contributed by atoms with Gasteiger partial charge < -0.3 is 30.6 Å². The molecule has 0 saturated heterocycles. The smallest absolute Gasteiger partial charge is 0.337 e. The van der Waals surface area contributed by atoms with Gasteiger partial charge in [0.25, 0.3) is 39.0 Å². The van der Waals surface area contributed by atoms with Gasteiger partial charge in [-0.3, -0.25) is 47.0 Å². The lowest BCUT2D eigenvalue weighted by molar-refractivity contribution is 0.0682. The zero-order valence-electron chi connectivity index (χ0n) is 40.7. The Morgan fingerprint density at radius 1 is 0.526 bits per heavy atom. The van der Waals surface area contributed by atoms with E-state index in [2.05, 4.69) is 25.3 Å². The van der Waals surface area contributed by atoms with E-state index >= 15 is 0 Å². The van der Waals surface area contributed by atoms with Crippen LogP contribution in [0.3, 0.4) is 0 Å². The predicted molar refractivity (Wildman–Crippen MR) is 267 cm³/mol. The Bertz CT molecular complexity index is 3890. The van der Waals surface area contributed by atoms with E-state index in [-0.39, 0.29) is 43.8 Å². The number of carboxylic acids is 4. The molecule has 0 atom stereocenters. The number of benzene rings is 3. The first kappa shape index (κ1) is 53.3. The standard InChI is InChI=1S/C50H40N10O16/c1-49(2,3)32-29(20-51)41(65)59(43(67)35(32)55-53-30-16-21(45(69)70)8-10-23(30)47(73)74)14-12-57-37(61)25-18-27-28(19-26(25)38(57)62)40(64)58(39(27)63)13-15-60-42(66)34(52-7)33(50(4,5)6)36(44(60)68)56-54-31-17-22(46(71)72)9-11-24(31)48(75)76/h8-11,16-19,65-66H,12-15H2,1-6H3,(H,69,70)(H,71,72)(H,73,74)(H,75,76). The van der Waals surface area contributed by atoms with Gasteiger partial charge in [-0.25, -0.2) is 24.0 Å². The molecular formula is C50H40N10O16. The molecule has 4 aromatic heterocycles. The lowest BCUT2D eigenvalue weighted by atomic mass is 9.83. The monoisotopic (exact) mass is 1040 g/mol. The number of fused-ring (bicyclic) bond motifs is 2. The van der Waals surface area contributed by atoms with Gasteiger partial charge in [0.2, 0.25) is 5.88 Å². The van der Waals surface area contributed by atoms with Crippen molar-refractivity contribution in [2.24, 2.45) is 20.5 Å². The van der Waals surface area contributed by atoms with E-state index in [0.29, 0.717) is 18.3 Å². The van der Waals surface area contributed by atoms with Crippen molar-refractivity contribution in [3.05, 3.63) is 161 Å². The van der Waals surface area contributed by atoms with Gasteiger partial charge in [0.05, 0.1) is 50.4 Å². The van der Waals surface area contributed by atoms with Crippen molar-refractivity contribution >= 4 is 73.9 Å². The summed E-state index contributed by atoms with van der Waals surface area (Å²) >= 11 is 0. The van der Waals surface area contributed by atoms with Crippen LogP contribution in [0.4, 0.5) is 28.4 Å². The molecule has 0 unspecified atom stereocenters. The maximum absolute atomic E-state index is 14.2. The van der Waals surface area contributed by atoms with Gasteiger partial charge in [-0.05, 0) is 59.4 Å². The average Bonchev–Trinajstić information content (AvgIpc) is 3.72. The molecule has 7 aromatic rings. The molecule has 6 N–H and O–H groups in total. The summed E-state index contributed by atoms with van der Waals surface area (Å²) in [4.78, 5) is 135. The first-order valence-corrected chi connectivity index (χ1v) is 22.3. The highest BCUT2D eigenvalue weighted by atomic mass is 16.4. The van der Waals surface area contributed by atoms with Crippen LogP contribution in [0, 0.1) is 17.9 Å². The molecule has 26 heteroatoms. The van der Waals surface area contributed by atoms with Gasteiger partial charge in [0.15, 0.2) is 11.6 Å². The second-order valence-electron chi connectivity index (χ2n) is 19.0. The van der Waals surface area contributed by atoms with Gasteiger partial charge in [0.1, 0.15) is 28.7 Å². The van der Waals surface area contributed by atoms with Crippen molar-refractivity contribution < 1.29 is 49.8 Å². The molecule has 3 aromatic carbocycles. The highest BCUT2D eigenvalue weighted by Crippen LogP contribution is 2.43. The van der Waals surface area contributed by atoms with Crippen LogP contribution in [0.5, 0.6) is 11.8 Å². The zero-order chi connectivity index (χ0) is 56.2. The lowest BCUT2D eigenvalue weighted by Gasteiger charge is -2.24. The highest BCUT2D eigenvalue weighted by Gasteiger charge is 2.33. The summed E-state index contributed by atoms with van der Waals surface area (Å²) in [7, 11) is 0. The largest absolute Gasteiger partial charge is 0.503 e. The van der Waals surface area contributed by atoms with Crippen molar-refractivity contribution in [1.82, 2.24) is 18.3 Å². The third-order valence-electron chi connectivity index (χ3n) is 12.1. The summed E-state index contributed by atoms with van der Waals surface area (Å²) < 4.78 is 2.53. The number of hydrogen-bond acceptors (Lipinski definition) is 17. The van der Waals surface area contributed by atoms with Crippen LogP contribution in [0.15, 0.2) is 97.8 Å². The topological polar surface area (TPSA) is 389 Å². The summed E-state index contributed by atoms with van der Waals surface area (Å²) in [5, 5.41) is 85.6. The Kier molecular flexibility index (Phi) is 13.7. The molecule has 0 aliphatic rings. The Balaban J connectivity index is 1.27. The second kappa shape index (κ2) is 19.5. The number of carboxylic acid groups (broad SMARTS) is 4. The number of aromatic carboxylic acids is 4. The number of azo groups is 2. The molecule has 0 aliphatic heterocycles. The minimum atomic E-state index is -1.52. The van der Waals surface area contributed by atoms with Crippen molar-refractivity contribution in [1.29, 1.82) is 5.26 Å². The first-order chi connectivity index (χ1) is 35.5. The van der Waals surface area contributed by atoms with Gasteiger partial charge in [-0.2, -0.15) is 5.26 Å². The highest BCUT2D eigenvalue weighted by molar-refractivity contribution is 5.99. The molecule has 0 spiro atoms. The van der Waals surface area contributed by atoms with Crippen LogP contribution in [-0.2, 0) is 37.0 Å². The molecule has 386 valence electrons. The summed E-state index contributed by atoms with van der Waals surface area (Å²) in [6.45, 7) is 14.6. The molecule has 0 saturated carbocycles. The van der Waals surface area contributed by atoms with Gasteiger partial charge in [-0.15, -0.1) is 20.5 Å². The normalized spacial score (nSPS) is 11.9. The molecule has 7 rings (SSSR count). The second-order valence-corrected chi connectivity index (χ2v) is 19.0. The quantitative estimate of drug-likeness (QED) is 0.0563. The number of nitriles is 1.